The third-order valence-corrected chi connectivity index (χ3v) is 7.68. The minimum Gasteiger partial charge on any atom is -0.378 e. The Balaban J connectivity index is 1.21. The molecule has 0 unspecified atom stereocenters. The molecule has 168 valence electrons. The maximum Gasteiger partial charge on any atom is 0.227 e. The van der Waals surface area contributed by atoms with Gasteiger partial charge < -0.3 is 10.1 Å². The number of aromatic nitrogens is 4. The van der Waals surface area contributed by atoms with E-state index in [9.17, 15) is 0 Å². The second kappa shape index (κ2) is 8.45. The first kappa shape index (κ1) is 20.7. The van der Waals surface area contributed by atoms with Gasteiger partial charge in [0.05, 0.1) is 36.7 Å². The van der Waals surface area contributed by atoms with Gasteiger partial charge in [0.1, 0.15) is 0 Å². The number of likely N-dealkylation sites (tertiary alicyclic amines) is 1. The molecule has 2 saturated heterocycles. The van der Waals surface area contributed by atoms with Gasteiger partial charge in [-0.1, -0.05) is 23.2 Å². The molecule has 0 atom stereocenters. The van der Waals surface area contributed by atoms with Crippen molar-refractivity contribution in [3.63, 3.8) is 0 Å². The molecule has 0 bridgehead atoms. The molecule has 3 fully saturated rings. The van der Waals surface area contributed by atoms with Crippen molar-refractivity contribution in [2.45, 2.75) is 44.2 Å². The Bertz CT molecular complexity index is 1130. The van der Waals surface area contributed by atoms with E-state index in [0.717, 1.165) is 67.3 Å². The van der Waals surface area contributed by atoms with Gasteiger partial charge in [-0.15, -0.1) is 0 Å². The molecule has 9 heteroatoms. The Morgan fingerprint density at radius 2 is 1.88 bits per heavy atom. The highest BCUT2D eigenvalue weighted by atomic mass is 35.5. The van der Waals surface area contributed by atoms with E-state index in [-0.39, 0.29) is 0 Å². The lowest BCUT2D eigenvalue weighted by Crippen LogP contribution is -2.51. The molecule has 1 aliphatic carbocycles. The summed E-state index contributed by atoms with van der Waals surface area (Å²) in [5.74, 6) is 1.67. The lowest BCUT2D eigenvalue weighted by Gasteiger charge is -2.41. The molecule has 0 amide bonds. The van der Waals surface area contributed by atoms with Crippen molar-refractivity contribution in [1.82, 2.24) is 24.6 Å². The van der Waals surface area contributed by atoms with Gasteiger partial charge in [-0.05, 0) is 68.3 Å². The molecule has 0 radical (unpaired) electrons. The molecule has 1 N–H and O–H groups in total. The molecule has 7 nitrogen and oxygen atoms in total. The van der Waals surface area contributed by atoms with E-state index in [0.29, 0.717) is 29.0 Å². The number of fused-ring (bicyclic) bond motifs is 1. The molecular weight excluding hydrogens is 447 g/mol. The highest BCUT2D eigenvalue weighted by Gasteiger charge is 2.31. The Morgan fingerprint density at radius 1 is 1.06 bits per heavy atom. The molecular formula is C23H26Cl2N6O. The van der Waals surface area contributed by atoms with Gasteiger partial charge in [0.2, 0.25) is 5.95 Å². The second-order valence-electron chi connectivity index (χ2n) is 9.23. The van der Waals surface area contributed by atoms with E-state index in [4.69, 9.17) is 32.9 Å². The van der Waals surface area contributed by atoms with Gasteiger partial charge in [-0.25, -0.2) is 9.97 Å². The van der Waals surface area contributed by atoms with Crippen molar-refractivity contribution >= 4 is 45.7 Å². The third-order valence-electron chi connectivity index (χ3n) is 6.95. The fourth-order valence-electron chi connectivity index (χ4n) is 4.70. The van der Waals surface area contributed by atoms with Crippen LogP contribution in [0.15, 0.2) is 24.5 Å². The Kier molecular flexibility index (Phi) is 5.45. The number of ether oxygens (including phenoxy) is 1. The van der Waals surface area contributed by atoms with Crippen LogP contribution in [0.1, 0.15) is 37.2 Å². The van der Waals surface area contributed by atoms with Crippen LogP contribution in [-0.2, 0) is 11.3 Å². The predicted molar refractivity (Wildman–Crippen MR) is 126 cm³/mol. The normalized spacial score (nSPS) is 20.6. The molecule has 32 heavy (non-hydrogen) atoms. The second-order valence-corrected chi connectivity index (χ2v) is 9.99. The molecule has 2 aliphatic heterocycles. The summed E-state index contributed by atoms with van der Waals surface area (Å²) in [5, 5.41) is 9.98. The number of benzene rings is 1. The van der Waals surface area contributed by atoms with Crippen LogP contribution in [0.3, 0.4) is 0 Å². The third kappa shape index (κ3) is 4.07. The van der Waals surface area contributed by atoms with Gasteiger partial charge in [-0.3, -0.25) is 9.58 Å². The highest BCUT2D eigenvalue weighted by molar-refractivity contribution is 6.32. The first-order chi connectivity index (χ1) is 15.6. The number of hydrogen-bond donors (Lipinski definition) is 1. The number of nitrogens with one attached hydrogen (secondary N) is 1. The average Bonchev–Trinajstić information content (AvgIpc) is 3.52. The summed E-state index contributed by atoms with van der Waals surface area (Å²) in [7, 11) is 0. The Hall–Kier alpha value is -1.93. The number of anilines is 2. The standard InChI is InChI=1S/C23H26Cl2N6O/c24-19-7-16-9-26-23(29-21-10-27-31(22(21)25)11-14-1-2-14)28-20(16)8-18(19)15-3-5-30(6-4-15)17-12-32-13-17/h7-10,14-15,17H,1-6,11-13H2,(H,26,28,29). The average molecular weight is 473 g/mol. The summed E-state index contributed by atoms with van der Waals surface area (Å²) in [6, 6.07) is 4.72. The van der Waals surface area contributed by atoms with Crippen LogP contribution >= 0.6 is 23.2 Å². The lowest BCUT2D eigenvalue weighted by molar-refractivity contribution is -0.0712. The SMILES string of the molecule is Clc1cc2cnc(Nc3cnn(CC4CC4)c3Cl)nc2cc1C1CCN(C2COC2)CC1. The van der Waals surface area contributed by atoms with E-state index in [1.165, 1.54) is 18.4 Å². The summed E-state index contributed by atoms with van der Waals surface area (Å²) in [6.07, 6.45) is 8.27. The molecule has 4 heterocycles. The molecule has 3 aliphatic rings. The van der Waals surface area contributed by atoms with Gasteiger partial charge in [-0.2, -0.15) is 5.10 Å². The van der Waals surface area contributed by atoms with Crippen molar-refractivity contribution in [2.24, 2.45) is 5.92 Å². The highest BCUT2D eigenvalue weighted by Crippen LogP contribution is 2.37. The predicted octanol–water partition coefficient (Wildman–Crippen LogP) is 4.86. The van der Waals surface area contributed by atoms with Gasteiger partial charge in [0.25, 0.3) is 0 Å². The molecule has 6 rings (SSSR count). The van der Waals surface area contributed by atoms with Crippen LogP contribution in [0.5, 0.6) is 0 Å². The zero-order valence-electron chi connectivity index (χ0n) is 17.8. The first-order valence-electron chi connectivity index (χ1n) is 11.4. The van der Waals surface area contributed by atoms with E-state index < -0.39 is 0 Å². The number of piperidine rings is 1. The minimum absolute atomic E-state index is 0.450. The number of hydrogen-bond acceptors (Lipinski definition) is 6. The van der Waals surface area contributed by atoms with Gasteiger partial charge in [0, 0.05) is 23.2 Å². The van der Waals surface area contributed by atoms with Crippen LogP contribution in [0.2, 0.25) is 10.2 Å². The zero-order valence-corrected chi connectivity index (χ0v) is 19.3. The van der Waals surface area contributed by atoms with E-state index >= 15 is 0 Å². The maximum atomic E-state index is 6.68. The molecule has 0 spiro atoms. The number of halogens is 2. The first-order valence-corrected chi connectivity index (χ1v) is 12.2. The minimum atomic E-state index is 0.450. The molecule has 3 aromatic rings. The number of nitrogens with zero attached hydrogens (tertiary/aromatic N) is 5. The van der Waals surface area contributed by atoms with Crippen molar-refractivity contribution < 1.29 is 4.74 Å². The van der Waals surface area contributed by atoms with E-state index in [2.05, 4.69) is 26.4 Å². The molecule has 1 aromatic carbocycles. The fraction of sp³-hybridized carbons (Fsp3) is 0.522. The summed E-state index contributed by atoms with van der Waals surface area (Å²) in [6.45, 7) is 4.79. The summed E-state index contributed by atoms with van der Waals surface area (Å²) >= 11 is 13.2. The van der Waals surface area contributed by atoms with Crippen molar-refractivity contribution in [2.75, 3.05) is 31.6 Å². The number of rotatable bonds is 6. The van der Waals surface area contributed by atoms with Gasteiger partial charge >= 0.3 is 0 Å². The van der Waals surface area contributed by atoms with Crippen molar-refractivity contribution in [3.05, 3.63) is 40.3 Å². The smallest absolute Gasteiger partial charge is 0.227 e. The fourth-order valence-corrected chi connectivity index (χ4v) is 5.23. The van der Waals surface area contributed by atoms with Crippen molar-refractivity contribution in [3.8, 4) is 0 Å². The van der Waals surface area contributed by atoms with Crippen LogP contribution < -0.4 is 5.32 Å². The van der Waals surface area contributed by atoms with Crippen molar-refractivity contribution in [1.29, 1.82) is 0 Å². The zero-order chi connectivity index (χ0) is 21.7. The maximum absolute atomic E-state index is 6.68. The largest absolute Gasteiger partial charge is 0.378 e. The summed E-state index contributed by atoms with van der Waals surface area (Å²) in [4.78, 5) is 11.8. The Labute approximate surface area is 197 Å². The Morgan fingerprint density at radius 3 is 2.59 bits per heavy atom. The lowest BCUT2D eigenvalue weighted by atomic mass is 9.88. The monoisotopic (exact) mass is 472 g/mol. The van der Waals surface area contributed by atoms with Crippen LogP contribution in [0.4, 0.5) is 11.6 Å². The topological polar surface area (TPSA) is 68.1 Å². The summed E-state index contributed by atoms with van der Waals surface area (Å²) in [5.41, 5.74) is 2.80. The molecule has 1 saturated carbocycles. The van der Waals surface area contributed by atoms with Crippen LogP contribution in [0, 0.1) is 5.92 Å². The molecule has 2 aromatic heterocycles. The quantitative estimate of drug-likeness (QED) is 0.551. The van der Waals surface area contributed by atoms with E-state index in [1.54, 1.807) is 6.20 Å². The van der Waals surface area contributed by atoms with Gasteiger partial charge in [0.15, 0.2) is 5.15 Å². The van der Waals surface area contributed by atoms with E-state index in [1.807, 2.05) is 16.9 Å². The van der Waals surface area contributed by atoms with Crippen LogP contribution in [0.25, 0.3) is 10.9 Å². The van der Waals surface area contributed by atoms with Crippen LogP contribution in [-0.4, -0.2) is 57.0 Å². The summed E-state index contributed by atoms with van der Waals surface area (Å²) < 4.78 is 7.20.